The van der Waals surface area contributed by atoms with Gasteiger partial charge in [-0.25, -0.2) is 0 Å². The lowest BCUT2D eigenvalue weighted by Crippen LogP contribution is -2.40. The third-order valence-electron chi connectivity index (χ3n) is 4.06. The smallest absolute Gasteiger partial charge is 0.226 e. The van der Waals surface area contributed by atoms with Crippen molar-refractivity contribution in [2.45, 2.75) is 32.2 Å². The zero-order chi connectivity index (χ0) is 12.4. The summed E-state index contributed by atoms with van der Waals surface area (Å²) in [5.41, 5.74) is 2.73. The number of fused-ring (bicyclic) bond motifs is 1. The van der Waals surface area contributed by atoms with Gasteiger partial charge in [0.25, 0.3) is 0 Å². The quantitative estimate of drug-likeness (QED) is 0.692. The molecule has 0 bridgehead atoms. The fourth-order valence-electron chi connectivity index (χ4n) is 2.96. The van der Waals surface area contributed by atoms with Crippen LogP contribution < -0.4 is 0 Å². The molecule has 0 aromatic heterocycles. The molecule has 0 fully saturated rings. The van der Waals surface area contributed by atoms with E-state index in [1.54, 1.807) is 0 Å². The maximum atomic E-state index is 12.5. The maximum Gasteiger partial charge on any atom is 0.226 e. The first-order chi connectivity index (χ1) is 8.84. The van der Waals surface area contributed by atoms with Crippen molar-refractivity contribution in [1.82, 2.24) is 4.90 Å². The summed E-state index contributed by atoms with van der Waals surface area (Å²) >= 11 is 0. The summed E-state index contributed by atoms with van der Waals surface area (Å²) < 4.78 is 0. The van der Waals surface area contributed by atoms with E-state index in [-0.39, 0.29) is 5.92 Å². The third kappa shape index (κ3) is 2.20. The van der Waals surface area contributed by atoms with Gasteiger partial charge < -0.3 is 4.90 Å². The first-order valence-electron chi connectivity index (χ1n) is 6.85. The maximum absolute atomic E-state index is 12.5. The highest BCUT2D eigenvalue weighted by molar-refractivity contribution is 5.79. The molecule has 3 rings (SSSR count). The zero-order valence-corrected chi connectivity index (χ0v) is 10.6. The Morgan fingerprint density at radius 1 is 1.17 bits per heavy atom. The van der Waals surface area contributed by atoms with E-state index in [0.717, 1.165) is 38.8 Å². The molecular formula is C16H19NO. The van der Waals surface area contributed by atoms with Gasteiger partial charge in [0.1, 0.15) is 0 Å². The van der Waals surface area contributed by atoms with Gasteiger partial charge >= 0.3 is 0 Å². The molecule has 2 heteroatoms. The number of amides is 1. The molecule has 1 aromatic carbocycles. The van der Waals surface area contributed by atoms with E-state index in [4.69, 9.17) is 0 Å². The number of carbonyl (C=O) groups is 1. The minimum absolute atomic E-state index is 0.222. The molecule has 94 valence electrons. The molecule has 1 atom stereocenters. The summed E-state index contributed by atoms with van der Waals surface area (Å²) in [6.45, 7) is 1.69. The molecular weight excluding hydrogens is 222 g/mol. The second kappa shape index (κ2) is 4.97. The van der Waals surface area contributed by atoms with Crippen molar-refractivity contribution in [3.63, 3.8) is 0 Å². The lowest BCUT2D eigenvalue weighted by atomic mass is 9.91. The molecule has 0 saturated carbocycles. The van der Waals surface area contributed by atoms with Gasteiger partial charge in [-0.3, -0.25) is 4.79 Å². The Hall–Kier alpha value is -1.57. The van der Waals surface area contributed by atoms with Crippen LogP contribution in [0.4, 0.5) is 0 Å². The van der Waals surface area contributed by atoms with Crippen molar-refractivity contribution in [2.24, 2.45) is 5.92 Å². The molecule has 2 aliphatic rings. The lowest BCUT2D eigenvalue weighted by molar-refractivity contribution is -0.136. The standard InChI is InChI=1S/C16H19NO/c18-16(14-7-2-1-3-8-14)17-11-10-13-6-4-5-9-15(13)12-17/h1-2,4-6,9,14H,3,7-8,10-12H2. The van der Waals surface area contributed by atoms with Crippen LogP contribution in [0.3, 0.4) is 0 Å². The molecule has 2 nitrogen and oxygen atoms in total. The highest BCUT2D eigenvalue weighted by Crippen LogP contribution is 2.24. The van der Waals surface area contributed by atoms with Gasteiger partial charge in [0.05, 0.1) is 0 Å². The molecule has 0 spiro atoms. The Bertz CT molecular complexity index is 478. The normalized spacial score (nSPS) is 22.7. The van der Waals surface area contributed by atoms with Crippen molar-refractivity contribution >= 4 is 5.91 Å². The summed E-state index contributed by atoms with van der Waals surface area (Å²) in [5.74, 6) is 0.578. The topological polar surface area (TPSA) is 20.3 Å². The minimum Gasteiger partial charge on any atom is -0.338 e. The van der Waals surface area contributed by atoms with Crippen LogP contribution in [0.25, 0.3) is 0 Å². The van der Waals surface area contributed by atoms with Crippen LogP contribution in [0.15, 0.2) is 36.4 Å². The average Bonchev–Trinajstić information content (AvgIpc) is 2.47. The number of allylic oxidation sites excluding steroid dienone is 2. The second-order valence-corrected chi connectivity index (χ2v) is 5.26. The van der Waals surface area contributed by atoms with Crippen molar-refractivity contribution in [1.29, 1.82) is 0 Å². The first-order valence-corrected chi connectivity index (χ1v) is 6.85. The van der Waals surface area contributed by atoms with Crippen LogP contribution in [-0.2, 0) is 17.8 Å². The number of carbonyl (C=O) groups excluding carboxylic acids is 1. The molecule has 1 aromatic rings. The molecule has 0 saturated heterocycles. The van der Waals surface area contributed by atoms with Crippen LogP contribution >= 0.6 is 0 Å². The van der Waals surface area contributed by atoms with Gasteiger partial charge in [-0.15, -0.1) is 0 Å². The third-order valence-corrected chi connectivity index (χ3v) is 4.06. The molecule has 1 unspecified atom stereocenters. The predicted octanol–water partition coefficient (Wildman–Crippen LogP) is 2.93. The largest absolute Gasteiger partial charge is 0.338 e. The van der Waals surface area contributed by atoms with E-state index in [9.17, 15) is 4.79 Å². The fourth-order valence-corrected chi connectivity index (χ4v) is 2.96. The zero-order valence-electron chi connectivity index (χ0n) is 10.6. The Kier molecular flexibility index (Phi) is 3.18. The van der Waals surface area contributed by atoms with Crippen LogP contribution in [-0.4, -0.2) is 17.4 Å². The highest BCUT2D eigenvalue weighted by Gasteiger charge is 2.26. The number of nitrogens with zero attached hydrogens (tertiary/aromatic N) is 1. The van der Waals surface area contributed by atoms with Crippen molar-refractivity contribution < 1.29 is 4.79 Å². The lowest BCUT2D eigenvalue weighted by Gasteiger charge is -2.32. The molecule has 1 aliphatic carbocycles. The molecule has 0 N–H and O–H groups in total. The SMILES string of the molecule is O=C(C1CC=CCC1)N1CCc2ccccc2C1. The van der Waals surface area contributed by atoms with Gasteiger partial charge in [0.2, 0.25) is 5.91 Å². The minimum atomic E-state index is 0.222. The van der Waals surface area contributed by atoms with Crippen LogP contribution in [0, 0.1) is 5.92 Å². The van der Waals surface area contributed by atoms with E-state index >= 15 is 0 Å². The van der Waals surface area contributed by atoms with E-state index in [1.807, 2.05) is 4.90 Å². The van der Waals surface area contributed by atoms with Crippen LogP contribution in [0.5, 0.6) is 0 Å². The summed E-state index contributed by atoms with van der Waals surface area (Å²) in [5, 5.41) is 0. The summed E-state index contributed by atoms with van der Waals surface area (Å²) in [6, 6.07) is 8.48. The average molecular weight is 241 g/mol. The first kappa shape index (κ1) is 11.5. The van der Waals surface area contributed by atoms with E-state index < -0.39 is 0 Å². The Morgan fingerprint density at radius 2 is 2.00 bits per heavy atom. The molecule has 18 heavy (non-hydrogen) atoms. The van der Waals surface area contributed by atoms with E-state index in [1.165, 1.54) is 11.1 Å². The van der Waals surface area contributed by atoms with Crippen molar-refractivity contribution in [3.8, 4) is 0 Å². The summed E-state index contributed by atoms with van der Waals surface area (Å²) in [7, 11) is 0. The predicted molar refractivity (Wildman–Crippen MR) is 72.0 cm³/mol. The van der Waals surface area contributed by atoms with Crippen LogP contribution in [0.1, 0.15) is 30.4 Å². The monoisotopic (exact) mass is 241 g/mol. The Balaban J connectivity index is 1.72. The number of rotatable bonds is 1. The Labute approximate surface area is 108 Å². The summed E-state index contributed by atoms with van der Waals surface area (Å²) in [4.78, 5) is 14.5. The van der Waals surface area contributed by atoms with Gasteiger partial charge in [-0.05, 0) is 36.8 Å². The van der Waals surface area contributed by atoms with Gasteiger partial charge in [0, 0.05) is 19.0 Å². The molecule has 1 amide bonds. The van der Waals surface area contributed by atoms with E-state index in [0.29, 0.717) is 5.91 Å². The Morgan fingerprint density at radius 3 is 2.78 bits per heavy atom. The van der Waals surface area contributed by atoms with Gasteiger partial charge in [0.15, 0.2) is 0 Å². The highest BCUT2D eigenvalue weighted by atomic mass is 16.2. The molecule has 0 radical (unpaired) electrons. The fraction of sp³-hybridized carbons (Fsp3) is 0.438. The summed E-state index contributed by atoms with van der Waals surface area (Å²) in [6.07, 6.45) is 8.36. The number of hydrogen-bond acceptors (Lipinski definition) is 1. The van der Waals surface area contributed by atoms with E-state index in [2.05, 4.69) is 36.4 Å². The van der Waals surface area contributed by atoms with Crippen molar-refractivity contribution in [2.75, 3.05) is 6.54 Å². The van der Waals surface area contributed by atoms with Crippen molar-refractivity contribution in [3.05, 3.63) is 47.5 Å². The molecule has 1 aliphatic heterocycles. The number of benzene rings is 1. The van der Waals surface area contributed by atoms with Crippen LogP contribution in [0.2, 0.25) is 0 Å². The van der Waals surface area contributed by atoms with Gasteiger partial charge in [-0.1, -0.05) is 36.4 Å². The second-order valence-electron chi connectivity index (χ2n) is 5.26. The number of hydrogen-bond donors (Lipinski definition) is 0. The molecule has 1 heterocycles. The van der Waals surface area contributed by atoms with Gasteiger partial charge in [-0.2, -0.15) is 0 Å².